The SMILES string of the molecule is O=C(c1ccc(F)cc1)N1CCC[C@@H](c2nnc(-c3nccc4ccccc34)o2)C1. The fourth-order valence-electron chi connectivity index (χ4n) is 3.92. The predicted octanol–water partition coefficient (Wildman–Crippen LogP) is 4.44. The molecule has 1 saturated heterocycles. The minimum absolute atomic E-state index is 0.0422. The highest BCUT2D eigenvalue weighted by molar-refractivity contribution is 5.94. The second-order valence-corrected chi connectivity index (χ2v) is 7.42. The molecule has 2 aromatic carbocycles. The summed E-state index contributed by atoms with van der Waals surface area (Å²) in [6, 6.07) is 15.5. The van der Waals surface area contributed by atoms with Crippen molar-refractivity contribution < 1.29 is 13.6 Å². The van der Waals surface area contributed by atoms with Crippen LogP contribution in [-0.2, 0) is 0 Å². The van der Waals surface area contributed by atoms with Crippen molar-refractivity contribution in [3.05, 3.63) is 78.1 Å². The summed E-state index contributed by atoms with van der Waals surface area (Å²) in [6.07, 6.45) is 3.42. The molecule has 2 aromatic heterocycles. The second kappa shape index (κ2) is 7.67. The van der Waals surface area contributed by atoms with Crippen molar-refractivity contribution in [3.63, 3.8) is 0 Å². The predicted molar refractivity (Wildman–Crippen MR) is 109 cm³/mol. The van der Waals surface area contributed by atoms with E-state index in [0.717, 1.165) is 23.6 Å². The van der Waals surface area contributed by atoms with Crippen LogP contribution >= 0.6 is 0 Å². The summed E-state index contributed by atoms with van der Waals surface area (Å²) in [6.45, 7) is 1.14. The standard InChI is InChI=1S/C23H19FN4O2/c24-18-9-7-16(8-10-18)23(29)28-13-3-5-17(14-28)21-26-27-22(30-21)20-19-6-2-1-4-15(19)11-12-25-20/h1-2,4,6-12,17H,3,5,13-14H2/t17-/m1/s1. The largest absolute Gasteiger partial charge is 0.419 e. The number of piperidine rings is 1. The van der Waals surface area contributed by atoms with Gasteiger partial charge in [-0.05, 0) is 48.6 Å². The molecule has 150 valence electrons. The monoisotopic (exact) mass is 402 g/mol. The quantitative estimate of drug-likeness (QED) is 0.506. The summed E-state index contributed by atoms with van der Waals surface area (Å²) >= 11 is 0. The van der Waals surface area contributed by atoms with Crippen LogP contribution in [0.3, 0.4) is 0 Å². The number of pyridine rings is 1. The van der Waals surface area contributed by atoms with E-state index < -0.39 is 0 Å². The van der Waals surface area contributed by atoms with Crippen LogP contribution in [0.4, 0.5) is 4.39 Å². The first kappa shape index (κ1) is 18.4. The lowest BCUT2D eigenvalue weighted by molar-refractivity contribution is 0.0698. The minimum atomic E-state index is -0.358. The number of aromatic nitrogens is 3. The number of rotatable bonds is 3. The molecule has 0 spiro atoms. The lowest BCUT2D eigenvalue weighted by atomic mass is 9.97. The van der Waals surface area contributed by atoms with E-state index in [0.29, 0.717) is 36.1 Å². The lowest BCUT2D eigenvalue weighted by Gasteiger charge is -2.31. The van der Waals surface area contributed by atoms with Gasteiger partial charge < -0.3 is 9.32 Å². The molecule has 0 radical (unpaired) electrons. The first-order chi connectivity index (χ1) is 14.7. The molecule has 5 rings (SSSR count). The normalized spacial score (nSPS) is 16.7. The van der Waals surface area contributed by atoms with Crippen molar-refractivity contribution in [1.29, 1.82) is 0 Å². The van der Waals surface area contributed by atoms with Gasteiger partial charge in [-0.1, -0.05) is 24.3 Å². The Morgan fingerprint density at radius 2 is 1.90 bits per heavy atom. The molecule has 0 saturated carbocycles. The summed E-state index contributed by atoms with van der Waals surface area (Å²) in [5.74, 6) is 0.373. The first-order valence-electron chi connectivity index (χ1n) is 9.91. The second-order valence-electron chi connectivity index (χ2n) is 7.42. The van der Waals surface area contributed by atoms with Crippen LogP contribution in [0.5, 0.6) is 0 Å². The first-order valence-corrected chi connectivity index (χ1v) is 9.91. The Bertz CT molecular complexity index is 1200. The van der Waals surface area contributed by atoms with Gasteiger partial charge >= 0.3 is 0 Å². The zero-order valence-electron chi connectivity index (χ0n) is 16.2. The van der Waals surface area contributed by atoms with Crippen LogP contribution in [0.15, 0.2) is 65.2 Å². The van der Waals surface area contributed by atoms with Gasteiger partial charge in [-0.15, -0.1) is 10.2 Å². The number of hydrogen-bond donors (Lipinski definition) is 0. The van der Waals surface area contributed by atoms with Crippen molar-refractivity contribution in [3.8, 4) is 11.6 Å². The van der Waals surface area contributed by atoms with Gasteiger partial charge in [0.05, 0.1) is 5.92 Å². The zero-order chi connectivity index (χ0) is 20.5. The van der Waals surface area contributed by atoms with Crippen molar-refractivity contribution >= 4 is 16.7 Å². The van der Waals surface area contributed by atoms with Gasteiger partial charge in [0.1, 0.15) is 11.5 Å². The molecule has 0 unspecified atom stereocenters. The minimum Gasteiger partial charge on any atom is -0.419 e. The van der Waals surface area contributed by atoms with E-state index in [2.05, 4.69) is 15.2 Å². The molecule has 1 amide bonds. The summed E-state index contributed by atoms with van der Waals surface area (Å²) < 4.78 is 19.2. The Kier molecular flexibility index (Phi) is 4.71. The van der Waals surface area contributed by atoms with Gasteiger partial charge in [-0.25, -0.2) is 4.39 Å². The molecule has 0 bridgehead atoms. The number of carbonyl (C=O) groups is 1. The summed E-state index contributed by atoms with van der Waals surface area (Å²) in [7, 11) is 0. The van der Waals surface area contributed by atoms with Gasteiger partial charge in [-0.3, -0.25) is 9.78 Å². The Hall–Kier alpha value is -3.61. The fourth-order valence-corrected chi connectivity index (χ4v) is 3.92. The van der Waals surface area contributed by atoms with E-state index in [1.54, 1.807) is 11.1 Å². The summed E-state index contributed by atoms with van der Waals surface area (Å²) in [5, 5.41) is 10.5. The number of amides is 1. The number of likely N-dealkylation sites (tertiary alicyclic amines) is 1. The highest BCUT2D eigenvalue weighted by Gasteiger charge is 2.29. The topological polar surface area (TPSA) is 72.1 Å². The lowest BCUT2D eigenvalue weighted by Crippen LogP contribution is -2.39. The van der Waals surface area contributed by atoms with Crippen molar-refractivity contribution in [2.75, 3.05) is 13.1 Å². The number of benzene rings is 2. The molecule has 1 fully saturated rings. The zero-order valence-corrected chi connectivity index (χ0v) is 16.2. The van der Waals surface area contributed by atoms with Crippen LogP contribution in [0.2, 0.25) is 0 Å². The van der Waals surface area contributed by atoms with Crippen molar-refractivity contribution in [2.45, 2.75) is 18.8 Å². The Balaban J connectivity index is 1.38. The Labute approximate surface area is 172 Å². The van der Waals surface area contributed by atoms with E-state index in [9.17, 15) is 9.18 Å². The van der Waals surface area contributed by atoms with Crippen LogP contribution in [0.1, 0.15) is 35.0 Å². The number of carbonyl (C=O) groups excluding carboxylic acids is 1. The van der Waals surface area contributed by atoms with E-state index in [1.807, 2.05) is 30.3 Å². The Morgan fingerprint density at radius 3 is 2.77 bits per heavy atom. The maximum Gasteiger partial charge on any atom is 0.266 e. The molecule has 0 N–H and O–H groups in total. The van der Waals surface area contributed by atoms with Crippen LogP contribution in [0.25, 0.3) is 22.4 Å². The average molecular weight is 402 g/mol. The maximum absolute atomic E-state index is 13.2. The molecule has 1 aliphatic rings. The third kappa shape index (κ3) is 3.43. The molecule has 1 aliphatic heterocycles. The third-order valence-corrected chi connectivity index (χ3v) is 5.47. The van der Waals surface area contributed by atoms with E-state index >= 15 is 0 Å². The summed E-state index contributed by atoms with van der Waals surface area (Å²) in [5.41, 5.74) is 1.13. The number of fused-ring (bicyclic) bond motifs is 1. The highest BCUT2D eigenvalue weighted by atomic mass is 19.1. The van der Waals surface area contributed by atoms with Gasteiger partial charge in [0.2, 0.25) is 5.89 Å². The van der Waals surface area contributed by atoms with E-state index in [1.165, 1.54) is 24.3 Å². The molecule has 6 nitrogen and oxygen atoms in total. The third-order valence-electron chi connectivity index (χ3n) is 5.47. The molecule has 7 heteroatoms. The summed E-state index contributed by atoms with van der Waals surface area (Å²) in [4.78, 5) is 19.0. The molecular weight excluding hydrogens is 383 g/mol. The van der Waals surface area contributed by atoms with Crippen LogP contribution < -0.4 is 0 Å². The maximum atomic E-state index is 13.2. The van der Waals surface area contributed by atoms with Gasteiger partial charge in [0.25, 0.3) is 11.8 Å². The molecule has 0 aliphatic carbocycles. The fraction of sp³-hybridized carbons (Fsp3) is 0.217. The Morgan fingerprint density at radius 1 is 1.07 bits per heavy atom. The van der Waals surface area contributed by atoms with E-state index in [-0.39, 0.29) is 17.6 Å². The van der Waals surface area contributed by atoms with Crippen LogP contribution in [0, 0.1) is 5.82 Å². The van der Waals surface area contributed by atoms with Crippen molar-refractivity contribution in [2.24, 2.45) is 0 Å². The molecule has 1 atom stereocenters. The highest BCUT2D eigenvalue weighted by Crippen LogP contribution is 2.31. The van der Waals surface area contributed by atoms with E-state index in [4.69, 9.17) is 4.42 Å². The van der Waals surface area contributed by atoms with Crippen molar-refractivity contribution in [1.82, 2.24) is 20.1 Å². The number of hydrogen-bond acceptors (Lipinski definition) is 5. The van der Waals surface area contributed by atoms with Gasteiger partial charge in [0, 0.05) is 30.2 Å². The smallest absolute Gasteiger partial charge is 0.266 e. The molecule has 4 aromatic rings. The van der Waals surface area contributed by atoms with Gasteiger partial charge in [0.15, 0.2) is 0 Å². The molecule has 3 heterocycles. The molecule has 30 heavy (non-hydrogen) atoms. The number of halogens is 1. The van der Waals surface area contributed by atoms with Gasteiger partial charge in [-0.2, -0.15) is 0 Å². The number of nitrogens with zero attached hydrogens (tertiary/aromatic N) is 4. The average Bonchev–Trinajstić information content (AvgIpc) is 3.29. The molecular formula is C23H19FN4O2. The van der Waals surface area contributed by atoms with Crippen LogP contribution in [-0.4, -0.2) is 39.1 Å².